The van der Waals surface area contributed by atoms with Crippen molar-refractivity contribution in [1.82, 2.24) is 25.1 Å². The SMILES string of the molecule is Cc1cn2nnc(C(=O)NC(C)C3CC4CCC3C4)c2c(=O)[nH]1. The lowest BCUT2D eigenvalue weighted by Gasteiger charge is -2.28. The Balaban J connectivity index is 1.56. The first-order valence-electron chi connectivity index (χ1n) is 8.28. The Morgan fingerprint density at radius 3 is 2.96 bits per heavy atom. The van der Waals surface area contributed by atoms with Crippen LogP contribution in [0.2, 0.25) is 0 Å². The Bertz CT molecular complexity index is 823. The van der Waals surface area contributed by atoms with Crippen LogP contribution in [0, 0.1) is 24.7 Å². The molecule has 0 spiro atoms. The van der Waals surface area contributed by atoms with Crippen LogP contribution in [0.1, 0.15) is 48.8 Å². The third-order valence-electron chi connectivity index (χ3n) is 5.55. The quantitative estimate of drug-likeness (QED) is 0.892. The first kappa shape index (κ1) is 14.4. The van der Waals surface area contributed by atoms with E-state index in [0.717, 1.165) is 11.8 Å². The second-order valence-electron chi connectivity index (χ2n) is 7.10. The first-order chi connectivity index (χ1) is 11.0. The first-order valence-corrected chi connectivity index (χ1v) is 8.28. The van der Waals surface area contributed by atoms with Crippen LogP contribution in [0.3, 0.4) is 0 Å². The van der Waals surface area contributed by atoms with Gasteiger partial charge in [-0.05, 0) is 50.9 Å². The zero-order valence-corrected chi connectivity index (χ0v) is 13.4. The fourth-order valence-electron chi connectivity index (χ4n) is 4.49. The Hall–Kier alpha value is -2.18. The number of aryl methyl sites for hydroxylation is 1. The highest BCUT2D eigenvalue weighted by Gasteiger charge is 2.42. The number of nitrogens with one attached hydrogen (secondary N) is 2. The van der Waals surface area contributed by atoms with Gasteiger partial charge < -0.3 is 10.3 Å². The van der Waals surface area contributed by atoms with Crippen molar-refractivity contribution in [3.05, 3.63) is 27.9 Å². The lowest BCUT2D eigenvalue weighted by Crippen LogP contribution is -2.40. The maximum Gasteiger partial charge on any atom is 0.276 e. The van der Waals surface area contributed by atoms with E-state index in [9.17, 15) is 9.59 Å². The molecule has 2 heterocycles. The molecule has 4 unspecified atom stereocenters. The molecule has 1 amide bonds. The lowest BCUT2D eigenvalue weighted by atomic mass is 9.84. The summed E-state index contributed by atoms with van der Waals surface area (Å²) in [5.41, 5.74) is 0.636. The topological polar surface area (TPSA) is 92.2 Å². The Kier molecular flexibility index (Phi) is 3.25. The summed E-state index contributed by atoms with van der Waals surface area (Å²) in [5, 5.41) is 10.8. The summed E-state index contributed by atoms with van der Waals surface area (Å²) in [6.07, 6.45) is 6.78. The van der Waals surface area contributed by atoms with Crippen LogP contribution >= 0.6 is 0 Å². The van der Waals surface area contributed by atoms with E-state index in [4.69, 9.17) is 0 Å². The number of amides is 1. The van der Waals surface area contributed by atoms with Gasteiger partial charge in [0.05, 0.1) is 6.20 Å². The van der Waals surface area contributed by atoms with Crippen molar-refractivity contribution in [2.45, 2.75) is 45.6 Å². The number of H-pyrrole nitrogens is 1. The van der Waals surface area contributed by atoms with Crippen molar-refractivity contribution in [2.75, 3.05) is 0 Å². The van der Waals surface area contributed by atoms with E-state index in [-0.39, 0.29) is 28.7 Å². The van der Waals surface area contributed by atoms with Crippen molar-refractivity contribution in [2.24, 2.45) is 17.8 Å². The molecule has 7 heteroatoms. The summed E-state index contributed by atoms with van der Waals surface area (Å²) < 4.78 is 1.37. The highest BCUT2D eigenvalue weighted by Crippen LogP contribution is 2.49. The van der Waals surface area contributed by atoms with Gasteiger partial charge in [-0.2, -0.15) is 0 Å². The van der Waals surface area contributed by atoms with Gasteiger partial charge in [0.15, 0.2) is 11.2 Å². The van der Waals surface area contributed by atoms with Crippen LogP contribution in [0.5, 0.6) is 0 Å². The zero-order chi connectivity index (χ0) is 16.1. The Labute approximate surface area is 133 Å². The van der Waals surface area contributed by atoms with Crippen LogP contribution in [-0.4, -0.2) is 31.8 Å². The van der Waals surface area contributed by atoms with Gasteiger partial charge in [0.1, 0.15) is 0 Å². The number of carbonyl (C=O) groups is 1. The average Bonchev–Trinajstić information content (AvgIpc) is 3.20. The van der Waals surface area contributed by atoms with Gasteiger partial charge in [0.2, 0.25) is 0 Å². The number of aromatic nitrogens is 4. The molecule has 2 aromatic heterocycles. The van der Waals surface area contributed by atoms with E-state index in [1.165, 1.54) is 30.2 Å². The number of rotatable bonds is 3. The molecule has 2 N–H and O–H groups in total. The Morgan fingerprint density at radius 2 is 2.26 bits per heavy atom. The maximum atomic E-state index is 12.6. The van der Waals surface area contributed by atoms with E-state index >= 15 is 0 Å². The van der Waals surface area contributed by atoms with E-state index in [1.54, 1.807) is 13.1 Å². The van der Waals surface area contributed by atoms with Gasteiger partial charge in [-0.15, -0.1) is 5.10 Å². The molecule has 0 aromatic carbocycles. The van der Waals surface area contributed by atoms with Crippen molar-refractivity contribution >= 4 is 11.4 Å². The zero-order valence-electron chi connectivity index (χ0n) is 13.4. The van der Waals surface area contributed by atoms with Crippen molar-refractivity contribution in [3.8, 4) is 0 Å². The molecule has 2 saturated carbocycles. The van der Waals surface area contributed by atoms with Gasteiger partial charge in [0.25, 0.3) is 11.5 Å². The predicted molar refractivity (Wildman–Crippen MR) is 84.2 cm³/mol. The summed E-state index contributed by atoms with van der Waals surface area (Å²) in [4.78, 5) is 27.3. The van der Waals surface area contributed by atoms with Crippen molar-refractivity contribution in [3.63, 3.8) is 0 Å². The highest BCUT2D eigenvalue weighted by atomic mass is 16.2. The van der Waals surface area contributed by atoms with Gasteiger partial charge in [-0.25, -0.2) is 4.52 Å². The molecule has 122 valence electrons. The van der Waals surface area contributed by atoms with Crippen LogP contribution < -0.4 is 10.9 Å². The molecule has 4 atom stereocenters. The molecule has 23 heavy (non-hydrogen) atoms. The number of hydrogen-bond donors (Lipinski definition) is 2. The van der Waals surface area contributed by atoms with Gasteiger partial charge in [-0.3, -0.25) is 9.59 Å². The third-order valence-corrected chi connectivity index (χ3v) is 5.55. The second kappa shape index (κ2) is 5.18. The molecule has 0 aliphatic heterocycles. The monoisotopic (exact) mass is 315 g/mol. The molecule has 4 rings (SSSR count). The molecule has 2 fully saturated rings. The fraction of sp³-hybridized carbons (Fsp3) is 0.625. The van der Waals surface area contributed by atoms with Crippen molar-refractivity contribution < 1.29 is 4.79 Å². The minimum atomic E-state index is -0.340. The summed E-state index contributed by atoms with van der Waals surface area (Å²) in [5.74, 6) is 1.80. The van der Waals surface area contributed by atoms with Crippen LogP contribution in [-0.2, 0) is 0 Å². The Morgan fingerprint density at radius 1 is 1.43 bits per heavy atom. The average molecular weight is 315 g/mol. The summed E-state index contributed by atoms with van der Waals surface area (Å²) in [6.45, 7) is 3.82. The molecule has 0 radical (unpaired) electrons. The van der Waals surface area contributed by atoms with E-state index in [0.29, 0.717) is 11.6 Å². The number of hydrogen-bond acceptors (Lipinski definition) is 4. The van der Waals surface area contributed by atoms with Gasteiger partial charge in [-0.1, -0.05) is 11.6 Å². The van der Waals surface area contributed by atoms with Crippen molar-refractivity contribution in [1.29, 1.82) is 0 Å². The molecule has 0 saturated heterocycles. The number of nitrogens with zero attached hydrogens (tertiary/aromatic N) is 3. The second-order valence-corrected chi connectivity index (χ2v) is 7.10. The van der Waals surface area contributed by atoms with Gasteiger partial charge >= 0.3 is 0 Å². The molecule has 2 bridgehead atoms. The molecule has 2 aromatic rings. The smallest absolute Gasteiger partial charge is 0.276 e. The lowest BCUT2D eigenvalue weighted by molar-refractivity contribution is 0.0911. The van der Waals surface area contributed by atoms with E-state index in [2.05, 4.69) is 27.5 Å². The third kappa shape index (κ3) is 2.34. The van der Waals surface area contributed by atoms with Crippen LogP contribution in [0.25, 0.3) is 5.52 Å². The summed E-state index contributed by atoms with van der Waals surface area (Å²) in [6, 6.07) is 0.0964. The van der Waals surface area contributed by atoms with Crippen LogP contribution in [0.4, 0.5) is 0 Å². The van der Waals surface area contributed by atoms with E-state index < -0.39 is 0 Å². The minimum Gasteiger partial charge on any atom is -0.348 e. The highest BCUT2D eigenvalue weighted by molar-refractivity contribution is 5.98. The molecule has 7 nitrogen and oxygen atoms in total. The standard InChI is InChI=1S/C16H21N5O2/c1-8-7-21-14(16(23)17-8)13(19-20-21)15(22)18-9(2)12-6-10-3-4-11(12)5-10/h7,9-12H,3-6H2,1-2H3,(H,17,23)(H,18,22). The van der Waals surface area contributed by atoms with Crippen LogP contribution in [0.15, 0.2) is 11.0 Å². The van der Waals surface area contributed by atoms with E-state index in [1.807, 2.05) is 0 Å². The minimum absolute atomic E-state index is 0.0964. The largest absolute Gasteiger partial charge is 0.348 e. The molecular formula is C16H21N5O2. The number of fused-ring (bicyclic) bond motifs is 3. The van der Waals surface area contributed by atoms with Gasteiger partial charge in [0, 0.05) is 11.7 Å². The predicted octanol–water partition coefficient (Wildman–Crippen LogP) is 1.28. The summed E-state index contributed by atoms with van der Waals surface area (Å²) >= 11 is 0. The molecule has 2 aliphatic rings. The maximum absolute atomic E-state index is 12.6. The number of aromatic amines is 1. The summed E-state index contributed by atoms with van der Waals surface area (Å²) in [7, 11) is 0. The fourth-order valence-corrected chi connectivity index (χ4v) is 4.49. The normalized spacial score (nSPS) is 27.5. The number of carbonyl (C=O) groups excluding carboxylic acids is 1. The molecule has 2 aliphatic carbocycles. The molecular weight excluding hydrogens is 294 g/mol.